The molecule has 3 rings (SSSR count). The third kappa shape index (κ3) is 2.71. The quantitative estimate of drug-likeness (QED) is 0.773. The van der Waals surface area contributed by atoms with Gasteiger partial charge in [0.15, 0.2) is 0 Å². The summed E-state index contributed by atoms with van der Waals surface area (Å²) in [6.07, 6.45) is 12.0. The number of fused-ring (bicyclic) bond motifs is 2. The summed E-state index contributed by atoms with van der Waals surface area (Å²) >= 11 is 0. The normalized spacial score (nSPS) is 37.8. The van der Waals surface area contributed by atoms with Crippen molar-refractivity contribution < 1.29 is 0 Å². The Kier molecular flexibility index (Phi) is 3.88. The summed E-state index contributed by atoms with van der Waals surface area (Å²) < 4.78 is 0. The van der Waals surface area contributed by atoms with Gasteiger partial charge in [-0.15, -0.1) is 0 Å². The van der Waals surface area contributed by atoms with Gasteiger partial charge in [0.05, 0.1) is 5.84 Å². The highest BCUT2D eigenvalue weighted by atomic mass is 15.2. The predicted molar refractivity (Wildman–Crippen MR) is 76.1 cm³/mol. The van der Waals surface area contributed by atoms with E-state index in [2.05, 4.69) is 17.3 Å². The minimum atomic E-state index is 0.688. The average Bonchev–Trinajstić information content (AvgIpc) is 2.59. The Hall–Kier alpha value is -0.570. The van der Waals surface area contributed by atoms with Crippen LogP contribution in [-0.4, -0.2) is 42.5 Å². The van der Waals surface area contributed by atoms with Gasteiger partial charge in [0.2, 0.25) is 0 Å². The summed E-state index contributed by atoms with van der Waals surface area (Å²) in [7, 11) is 2.33. The molecule has 1 N–H and O–H groups in total. The molecule has 2 fully saturated rings. The van der Waals surface area contributed by atoms with Gasteiger partial charge in [0.25, 0.3) is 0 Å². The fourth-order valence-electron chi connectivity index (χ4n) is 3.96. The van der Waals surface area contributed by atoms with Crippen molar-refractivity contribution in [3.8, 4) is 0 Å². The standard InChI is InChI=1S/C15H27N3/c1-18-13-6-5-7-14(18)11-12(10-13)17-15-8-3-2-4-9-16-15/h12-14H,2-11H2,1H3,(H,16,17). The molecule has 3 aliphatic rings. The van der Waals surface area contributed by atoms with Crippen LogP contribution in [0.2, 0.25) is 0 Å². The van der Waals surface area contributed by atoms with E-state index in [1.54, 1.807) is 0 Å². The van der Waals surface area contributed by atoms with Crippen molar-refractivity contribution in [2.45, 2.75) is 75.9 Å². The minimum absolute atomic E-state index is 0.688. The Labute approximate surface area is 111 Å². The van der Waals surface area contributed by atoms with Crippen LogP contribution in [0.25, 0.3) is 0 Å². The number of piperidine rings is 2. The predicted octanol–water partition coefficient (Wildman–Crippen LogP) is 2.56. The van der Waals surface area contributed by atoms with E-state index in [-0.39, 0.29) is 0 Å². The highest BCUT2D eigenvalue weighted by Gasteiger charge is 2.36. The Balaban J connectivity index is 1.58. The van der Waals surface area contributed by atoms with E-state index < -0.39 is 0 Å². The Morgan fingerprint density at radius 3 is 2.61 bits per heavy atom. The van der Waals surface area contributed by atoms with E-state index in [9.17, 15) is 0 Å². The molecule has 18 heavy (non-hydrogen) atoms. The maximum atomic E-state index is 4.72. The lowest BCUT2D eigenvalue weighted by Gasteiger charge is -2.47. The molecule has 3 nitrogen and oxygen atoms in total. The highest BCUT2D eigenvalue weighted by molar-refractivity contribution is 5.82. The lowest BCUT2D eigenvalue weighted by molar-refractivity contribution is 0.0527. The van der Waals surface area contributed by atoms with Crippen LogP contribution in [0.5, 0.6) is 0 Å². The van der Waals surface area contributed by atoms with Crippen LogP contribution in [0, 0.1) is 0 Å². The molecule has 0 aliphatic carbocycles. The molecule has 0 amide bonds. The van der Waals surface area contributed by atoms with Gasteiger partial charge in [0.1, 0.15) is 0 Å². The van der Waals surface area contributed by atoms with E-state index >= 15 is 0 Å². The lowest BCUT2D eigenvalue weighted by Crippen LogP contribution is -2.55. The van der Waals surface area contributed by atoms with Gasteiger partial charge >= 0.3 is 0 Å². The first-order valence-electron chi connectivity index (χ1n) is 7.85. The van der Waals surface area contributed by atoms with Crippen molar-refractivity contribution in [2.75, 3.05) is 13.6 Å². The molecule has 2 bridgehead atoms. The Morgan fingerprint density at radius 1 is 1.06 bits per heavy atom. The first-order valence-corrected chi connectivity index (χ1v) is 7.85. The highest BCUT2D eigenvalue weighted by Crippen LogP contribution is 2.32. The summed E-state index contributed by atoms with van der Waals surface area (Å²) in [4.78, 5) is 7.36. The average molecular weight is 249 g/mol. The summed E-state index contributed by atoms with van der Waals surface area (Å²) in [6, 6.07) is 2.33. The van der Waals surface area contributed by atoms with Gasteiger partial charge in [-0.1, -0.05) is 12.8 Å². The summed E-state index contributed by atoms with van der Waals surface area (Å²) in [5, 5.41) is 3.77. The van der Waals surface area contributed by atoms with Crippen LogP contribution in [0.1, 0.15) is 57.8 Å². The molecular formula is C15H27N3. The zero-order chi connectivity index (χ0) is 12.4. The molecule has 0 aromatic heterocycles. The molecule has 0 aromatic carbocycles. The largest absolute Gasteiger partial charge is 0.371 e. The second kappa shape index (κ2) is 5.60. The maximum absolute atomic E-state index is 4.72. The van der Waals surface area contributed by atoms with E-state index in [1.807, 2.05) is 0 Å². The van der Waals surface area contributed by atoms with E-state index in [4.69, 9.17) is 4.99 Å². The lowest BCUT2D eigenvalue weighted by atomic mass is 9.82. The Bertz CT molecular complexity index is 299. The molecule has 0 aromatic rings. The number of hydrogen-bond acceptors (Lipinski definition) is 3. The molecule has 3 aliphatic heterocycles. The summed E-state index contributed by atoms with van der Waals surface area (Å²) in [5.41, 5.74) is 0. The van der Waals surface area contributed by atoms with Gasteiger partial charge in [-0.05, 0) is 45.6 Å². The minimum Gasteiger partial charge on any atom is -0.371 e. The molecular weight excluding hydrogens is 222 g/mol. The number of nitrogens with one attached hydrogen (secondary N) is 1. The first kappa shape index (κ1) is 12.5. The number of aliphatic imine (C=N–C) groups is 1. The van der Waals surface area contributed by atoms with E-state index in [0.29, 0.717) is 6.04 Å². The SMILES string of the molecule is CN1C2CCCC1CC(NC1=NCCCCC1)C2. The summed E-state index contributed by atoms with van der Waals surface area (Å²) in [6.45, 7) is 1.04. The molecule has 2 saturated heterocycles. The fraction of sp³-hybridized carbons (Fsp3) is 0.933. The molecule has 0 spiro atoms. The fourth-order valence-corrected chi connectivity index (χ4v) is 3.96. The van der Waals surface area contributed by atoms with Crippen molar-refractivity contribution in [1.29, 1.82) is 0 Å². The molecule has 0 saturated carbocycles. The van der Waals surface area contributed by atoms with Gasteiger partial charge in [0, 0.05) is 31.1 Å². The molecule has 2 unspecified atom stereocenters. The van der Waals surface area contributed by atoms with Crippen molar-refractivity contribution >= 4 is 5.84 Å². The van der Waals surface area contributed by atoms with Crippen LogP contribution in [0.4, 0.5) is 0 Å². The van der Waals surface area contributed by atoms with Crippen molar-refractivity contribution in [1.82, 2.24) is 10.2 Å². The summed E-state index contributed by atoms with van der Waals surface area (Å²) in [5.74, 6) is 1.31. The zero-order valence-corrected chi connectivity index (χ0v) is 11.7. The van der Waals surface area contributed by atoms with Gasteiger partial charge in [-0.2, -0.15) is 0 Å². The molecule has 102 valence electrons. The first-order chi connectivity index (χ1) is 8.83. The smallest absolute Gasteiger partial charge is 0.0965 e. The van der Waals surface area contributed by atoms with E-state index in [0.717, 1.165) is 18.6 Å². The number of hydrogen-bond donors (Lipinski definition) is 1. The second-order valence-corrected chi connectivity index (χ2v) is 6.36. The van der Waals surface area contributed by atoms with Gasteiger partial charge in [-0.3, -0.25) is 4.99 Å². The third-order valence-corrected chi connectivity index (χ3v) is 5.08. The van der Waals surface area contributed by atoms with E-state index in [1.165, 1.54) is 63.6 Å². The number of rotatable bonds is 1. The van der Waals surface area contributed by atoms with Crippen LogP contribution < -0.4 is 5.32 Å². The van der Waals surface area contributed by atoms with Crippen LogP contribution in [0.3, 0.4) is 0 Å². The molecule has 3 heterocycles. The molecule has 0 radical (unpaired) electrons. The van der Waals surface area contributed by atoms with Gasteiger partial charge in [-0.25, -0.2) is 0 Å². The maximum Gasteiger partial charge on any atom is 0.0965 e. The Morgan fingerprint density at radius 2 is 1.83 bits per heavy atom. The third-order valence-electron chi connectivity index (χ3n) is 5.08. The molecule has 3 heteroatoms. The number of nitrogens with zero attached hydrogens (tertiary/aromatic N) is 2. The van der Waals surface area contributed by atoms with Gasteiger partial charge < -0.3 is 10.2 Å². The monoisotopic (exact) mass is 249 g/mol. The van der Waals surface area contributed by atoms with Crippen LogP contribution >= 0.6 is 0 Å². The number of amidine groups is 1. The zero-order valence-electron chi connectivity index (χ0n) is 11.7. The molecule has 2 atom stereocenters. The van der Waals surface area contributed by atoms with Crippen molar-refractivity contribution in [2.24, 2.45) is 4.99 Å². The second-order valence-electron chi connectivity index (χ2n) is 6.36. The topological polar surface area (TPSA) is 27.6 Å². The van der Waals surface area contributed by atoms with Crippen LogP contribution in [0.15, 0.2) is 4.99 Å². The van der Waals surface area contributed by atoms with Crippen molar-refractivity contribution in [3.63, 3.8) is 0 Å². The van der Waals surface area contributed by atoms with Crippen molar-refractivity contribution in [3.05, 3.63) is 0 Å². The van der Waals surface area contributed by atoms with Crippen LogP contribution in [-0.2, 0) is 0 Å².